The van der Waals surface area contributed by atoms with Crippen LogP contribution in [-0.2, 0) is 0 Å². The van der Waals surface area contributed by atoms with Crippen LogP contribution in [-0.4, -0.2) is 12.6 Å². The second-order valence-electron chi connectivity index (χ2n) is 6.56. The third-order valence-electron chi connectivity index (χ3n) is 4.17. The van der Waals surface area contributed by atoms with Gasteiger partial charge in [0.1, 0.15) is 0 Å². The van der Waals surface area contributed by atoms with E-state index in [1.165, 1.54) is 38.6 Å². The fourth-order valence-electron chi connectivity index (χ4n) is 3.59. The van der Waals surface area contributed by atoms with Crippen molar-refractivity contribution < 1.29 is 0 Å². The van der Waals surface area contributed by atoms with E-state index in [1.54, 1.807) is 0 Å². The van der Waals surface area contributed by atoms with Gasteiger partial charge < -0.3 is 5.32 Å². The summed E-state index contributed by atoms with van der Waals surface area (Å²) < 4.78 is 0. The molecule has 16 heavy (non-hydrogen) atoms. The van der Waals surface area contributed by atoms with Crippen molar-refractivity contribution >= 4 is 0 Å². The third kappa shape index (κ3) is 3.76. The molecule has 1 aliphatic carbocycles. The predicted octanol–water partition coefficient (Wildman–Crippen LogP) is 4.23. The number of hydrogen-bond donors (Lipinski definition) is 1. The largest absolute Gasteiger partial charge is 0.314 e. The van der Waals surface area contributed by atoms with Crippen molar-refractivity contribution in [2.24, 2.45) is 17.3 Å². The molecule has 1 heteroatoms. The third-order valence-corrected chi connectivity index (χ3v) is 4.17. The normalized spacial score (nSPS) is 30.6. The van der Waals surface area contributed by atoms with Gasteiger partial charge >= 0.3 is 0 Å². The minimum Gasteiger partial charge on any atom is -0.314 e. The van der Waals surface area contributed by atoms with Gasteiger partial charge in [0.2, 0.25) is 0 Å². The van der Waals surface area contributed by atoms with Crippen LogP contribution in [0.5, 0.6) is 0 Å². The maximum absolute atomic E-state index is 3.78. The van der Waals surface area contributed by atoms with Crippen molar-refractivity contribution in [3.8, 4) is 0 Å². The van der Waals surface area contributed by atoms with Crippen molar-refractivity contribution in [1.29, 1.82) is 0 Å². The highest BCUT2D eigenvalue weighted by Gasteiger charge is 2.39. The van der Waals surface area contributed by atoms with Crippen molar-refractivity contribution in [3.05, 3.63) is 0 Å². The van der Waals surface area contributed by atoms with Crippen LogP contribution in [0, 0.1) is 17.3 Å². The van der Waals surface area contributed by atoms with Gasteiger partial charge in [0.15, 0.2) is 0 Å². The Bertz CT molecular complexity index is 198. The van der Waals surface area contributed by atoms with Crippen LogP contribution in [0.1, 0.15) is 66.7 Å². The van der Waals surface area contributed by atoms with Crippen LogP contribution in [0.25, 0.3) is 0 Å². The van der Waals surface area contributed by atoms with E-state index in [2.05, 4.69) is 39.9 Å². The van der Waals surface area contributed by atoms with Crippen molar-refractivity contribution in [3.63, 3.8) is 0 Å². The highest BCUT2D eigenvalue weighted by molar-refractivity contribution is 4.92. The molecule has 3 atom stereocenters. The summed E-state index contributed by atoms with van der Waals surface area (Å²) in [6.07, 6.45) is 6.74. The molecule has 1 saturated carbocycles. The summed E-state index contributed by atoms with van der Waals surface area (Å²) in [5.41, 5.74) is 0.573. The molecule has 0 radical (unpaired) electrons. The molecule has 0 aromatic carbocycles. The van der Waals surface area contributed by atoms with Crippen molar-refractivity contribution in [2.45, 2.75) is 72.8 Å². The molecular formula is C15H31N. The second kappa shape index (κ2) is 6.05. The number of nitrogens with one attached hydrogen (secondary N) is 1. The smallest absolute Gasteiger partial charge is 0.00979 e. The Morgan fingerprint density at radius 3 is 2.31 bits per heavy atom. The molecule has 0 spiro atoms. The molecule has 1 fully saturated rings. The number of rotatable bonds is 6. The topological polar surface area (TPSA) is 12.0 Å². The van der Waals surface area contributed by atoms with E-state index >= 15 is 0 Å². The van der Waals surface area contributed by atoms with Gasteiger partial charge in [-0.1, -0.05) is 41.0 Å². The van der Waals surface area contributed by atoms with Gasteiger partial charge in [0.25, 0.3) is 0 Å². The Morgan fingerprint density at radius 1 is 1.19 bits per heavy atom. The minimum absolute atomic E-state index is 0.573. The van der Waals surface area contributed by atoms with Crippen LogP contribution in [0.3, 0.4) is 0 Å². The molecule has 96 valence electrons. The first kappa shape index (κ1) is 14.0. The minimum atomic E-state index is 0.573. The summed E-state index contributed by atoms with van der Waals surface area (Å²) in [7, 11) is 0. The zero-order valence-electron chi connectivity index (χ0n) is 12.0. The monoisotopic (exact) mass is 225 g/mol. The maximum atomic E-state index is 3.78. The lowest BCUT2D eigenvalue weighted by Gasteiger charge is -2.28. The molecule has 1 aliphatic rings. The fourth-order valence-corrected chi connectivity index (χ4v) is 3.59. The van der Waals surface area contributed by atoms with Gasteiger partial charge in [-0.15, -0.1) is 0 Å². The van der Waals surface area contributed by atoms with Crippen molar-refractivity contribution in [1.82, 2.24) is 5.32 Å². The first-order valence-corrected chi connectivity index (χ1v) is 7.23. The van der Waals surface area contributed by atoms with Crippen LogP contribution >= 0.6 is 0 Å². The molecule has 0 heterocycles. The molecule has 1 nitrogen and oxygen atoms in total. The molecule has 0 amide bonds. The standard InChI is InChI=1S/C15H31N/c1-6-8-14(16-9-7-2)13-11-15(4,5)10-12(13)3/h12-14,16H,6-11H2,1-5H3. The van der Waals surface area contributed by atoms with Gasteiger partial charge in [-0.25, -0.2) is 0 Å². The SMILES string of the molecule is CCCNC(CCC)C1CC(C)(C)CC1C. The summed E-state index contributed by atoms with van der Waals surface area (Å²) in [6, 6.07) is 0.765. The van der Waals surface area contributed by atoms with E-state index in [0.29, 0.717) is 5.41 Å². The average molecular weight is 225 g/mol. The molecule has 0 aromatic heterocycles. The highest BCUT2D eigenvalue weighted by Crippen LogP contribution is 2.46. The Kier molecular flexibility index (Phi) is 5.30. The lowest BCUT2D eigenvalue weighted by molar-refractivity contribution is 0.273. The van der Waals surface area contributed by atoms with Crippen LogP contribution in [0.2, 0.25) is 0 Å². The predicted molar refractivity (Wildman–Crippen MR) is 72.7 cm³/mol. The van der Waals surface area contributed by atoms with E-state index in [-0.39, 0.29) is 0 Å². The van der Waals surface area contributed by atoms with Gasteiger partial charge in [-0.05, 0) is 49.5 Å². The zero-order chi connectivity index (χ0) is 12.2. The molecule has 1 rings (SSSR count). The van der Waals surface area contributed by atoms with Crippen LogP contribution in [0.4, 0.5) is 0 Å². The second-order valence-corrected chi connectivity index (χ2v) is 6.56. The first-order valence-electron chi connectivity index (χ1n) is 7.23. The van der Waals surface area contributed by atoms with Gasteiger partial charge in [0.05, 0.1) is 0 Å². The summed E-state index contributed by atoms with van der Waals surface area (Å²) in [6.45, 7) is 13.1. The van der Waals surface area contributed by atoms with Gasteiger partial charge in [0, 0.05) is 6.04 Å². The Morgan fingerprint density at radius 2 is 1.88 bits per heavy atom. The lowest BCUT2D eigenvalue weighted by Crippen LogP contribution is -2.38. The highest BCUT2D eigenvalue weighted by atomic mass is 14.9. The van der Waals surface area contributed by atoms with E-state index in [4.69, 9.17) is 0 Å². The maximum Gasteiger partial charge on any atom is 0.00979 e. The van der Waals surface area contributed by atoms with Gasteiger partial charge in [-0.3, -0.25) is 0 Å². The lowest BCUT2D eigenvalue weighted by atomic mass is 9.86. The fraction of sp³-hybridized carbons (Fsp3) is 1.00. The van der Waals surface area contributed by atoms with E-state index in [0.717, 1.165) is 17.9 Å². The summed E-state index contributed by atoms with van der Waals surface area (Å²) in [4.78, 5) is 0. The Labute approximate surface area is 102 Å². The average Bonchev–Trinajstić information content (AvgIpc) is 2.47. The first-order chi connectivity index (χ1) is 7.50. The summed E-state index contributed by atoms with van der Waals surface area (Å²) in [5, 5.41) is 3.78. The van der Waals surface area contributed by atoms with Crippen molar-refractivity contribution in [2.75, 3.05) is 6.54 Å². The molecule has 0 aromatic rings. The summed E-state index contributed by atoms with van der Waals surface area (Å²) >= 11 is 0. The number of hydrogen-bond acceptors (Lipinski definition) is 1. The molecule has 0 bridgehead atoms. The molecule has 1 N–H and O–H groups in total. The Hall–Kier alpha value is -0.0400. The molecular weight excluding hydrogens is 194 g/mol. The molecule has 0 saturated heterocycles. The molecule has 3 unspecified atom stereocenters. The quantitative estimate of drug-likeness (QED) is 0.713. The van der Waals surface area contributed by atoms with Crippen LogP contribution in [0.15, 0.2) is 0 Å². The van der Waals surface area contributed by atoms with Gasteiger partial charge in [-0.2, -0.15) is 0 Å². The van der Waals surface area contributed by atoms with E-state index in [1.807, 2.05) is 0 Å². The molecule has 0 aliphatic heterocycles. The van der Waals surface area contributed by atoms with E-state index < -0.39 is 0 Å². The van der Waals surface area contributed by atoms with E-state index in [9.17, 15) is 0 Å². The van der Waals surface area contributed by atoms with Crippen LogP contribution < -0.4 is 5.32 Å². The zero-order valence-corrected chi connectivity index (χ0v) is 12.0. The summed E-state index contributed by atoms with van der Waals surface area (Å²) in [5.74, 6) is 1.80. The Balaban J connectivity index is 2.56.